The standard InChI is InChI=1S/C7H14N2O5/c8-7(9)6-5(13)4(12)3(11)2(1-10)14-6/h2-6,10-13H,1H2,(H3,8,9)/t2-,3-,4+,5-,6-/m1/s1. The van der Waals surface area contributed by atoms with E-state index in [-0.39, 0.29) is 0 Å². The summed E-state index contributed by atoms with van der Waals surface area (Å²) in [5.74, 6) is -0.457. The molecule has 1 rings (SSSR count). The molecule has 0 unspecified atom stereocenters. The summed E-state index contributed by atoms with van der Waals surface area (Å²) in [7, 11) is 0. The topological polar surface area (TPSA) is 140 Å². The molecule has 0 spiro atoms. The van der Waals surface area contributed by atoms with Gasteiger partial charge in [-0.05, 0) is 0 Å². The molecule has 1 saturated heterocycles. The predicted octanol–water partition coefficient (Wildman–Crippen LogP) is -3.24. The second-order valence-electron chi connectivity index (χ2n) is 3.20. The molecule has 1 fully saturated rings. The van der Waals surface area contributed by atoms with Gasteiger partial charge in [0.05, 0.1) is 6.61 Å². The van der Waals surface area contributed by atoms with Gasteiger partial charge in [-0.2, -0.15) is 0 Å². The van der Waals surface area contributed by atoms with Gasteiger partial charge in [0.2, 0.25) is 0 Å². The molecule has 7 nitrogen and oxygen atoms in total. The summed E-state index contributed by atoms with van der Waals surface area (Å²) in [6, 6.07) is 0. The lowest BCUT2D eigenvalue weighted by Crippen LogP contribution is -2.61. The molecule has 0 amide bonds. The van der Waals surface area contributed by atoms with Gasteiger partial charge in [-0.3, -0.25) is 5.41 Å². The highest BCUT2D eigenvalue weighted by Gasteiger charge is 2.44. The lowest BCUT2D eigenvalue weighted by molar-refractivity contribution is -0.212. The molecule has 82 valence electrons. The smallest absolute Gasteiger partial charge is 0.143 e. The maximum atomic E-state index is 9.35. The zero-order valence-electron chi connectivity index (χ0n) is 7.37. The Morgan fingerprint density at radius 1 is 1.21 bits per heavy atom. The third-order valence-electron chi connectivity index (χ3n) is 2.20. The molecular weight excluding hydrogens is 192 g/mol. The number of nitrogens with one attached hydrogen (secondary N) is 1. The van der Waals surface area contributed by atoms with Gasteiger partial charge in [0.25, 0.3) is 0 Å². The van der Waals surface area contributed by atoms with Crippen molar-refractivity contribution in [2.75, 3.05) is 6.61 Å². The van der Waals surface area contributed by atoms with E-state index in [0.29, 0.717) is 0 Å². The zero-order chi connectivity index (χ0) is 10.9. The molecule has 0 bridgehead atoms. The van der Waals surface area contributed by atoms with Gasteiger partial charge in [-0.25, -0.2) is 0 Å². The van der Waals surface area contributed by atoms with E-state index >= 15 is 0 Å². The van der Waals surface area contributed by atoms with Gasteiger partial charge >= 0.3 is 0 Å². The van der Waals surface area contributed by atoms with E-state index in [4.69, 9.17) is 21.0 Å². The van der Waals surface area contributed by atoms with Gasteiger partial charge in [0.15, 0.2) is 0 Å². The van der Waals surface area contributed by atoms with Gasteiger partial charge in [-0.1, -0.05) is 0 Å². The van der Waals surface area contributed by atoms with Crippen molar-refractivity contribution in [3.8, 4) is 0 Å². The highest BCUT2D eigenvalue weighted by atomic mass is 16.5. The Morgan fingerprint density at radius 2 is 1.79 bits per heavy atom. The van der Waals surface area contributed by atoms with Crippen LogP contribution >= 0.6 is 0 Å². The fourth-order valence-electron chi connectivity index (χ4n) is 1.36. The second kappa shape index (κ2) is 4.20. The normalized spacial score (nSPS) is 43.6. The van der Waals surface area contributed by atoms with E-state index in [1.807, 2.05) is 0 Å². The monoisotopic (exact) mass is 206 g/mol. The number of hydrogen-bond acceptors (Lipinski definition) is 6. The molecule has 0 saturated carbocycles. The minimum Gasteiger partial charge on any atom is -0.394 e. The molecule has 0 aromatic heterocycles. The summed E-state index contributed by atoms with van der Waals surface area (Å²) in [6.45, 7) is -0.519. The molecule has 0 radical (unpaired) electrons. The number of aliphatic hydroxyl groups is 4. The van der Waals surface area contributed by atoms with Crippen molar-refractivity contribution in [1.82, 2.24) is 0 Å². The first-order valence-electron chi connectivity index (χ1n) is 4.13. The quantitative estimate of drug-likeness (QED) is 0.207. The van der Waals surface area contributed by atoms with Crippen LogP contribution in [0, 0.1) is 5.41 Å². The van der Waals surface area contributed by atoms with Crippen molar-refractivity contribution >= 4 is 5.84 Å². The number of aliphatic hydroxyl groups excluding tert-OH is 4. The predicted molar refractivity (Wildman–Crippen MR) is 45.7 cm³/mol. The largest absolute Gasteiger partial charge is 0.394 e. The minimum absolute atomic E-state index is 0.457. The Hall–Kier alpha value is -0.730. The van der Waals surface area contributed by atoms with Crippen LogP contribution in [0.4, 0.5) is 0 Å². The average Bonchev–Trinajstić information content (AvgIpc) is 2.14. The fraction of sp³-hybridized carbons (Fsp3) is 0.857. The molecule has 1 heterocycles. The Balaban J connectivity index is 2.78. The van der Waals surface area contributed by atoms with Crippen LogP contribution in [-0.4, -0.2) is 63.4 Å². The first-order valence-corrected chi connectivity index (χ1v) is 4.13. The highest BCUT2D eigenvalue weighted by molar-refractivity contribution is 5.82. The summed E-state index contributed by atoms with van der Waals surface area (Å²) in [4.78, 5) is 0. The summed E-state index contributed by atoms with van der Waals surface area (Å²) in [5.41, 5.74) is 5.11. The van der Waals surface area contributed by atoms with E-state index in [1.54, 1.807) is 0 Å². The molecule has 5 atom stereocenters. The van der Waals surface area contributed by atoms with Crippen molar-refractivity contribution in [3.63, 3.8) is 0 Å². The first kappa shape index (κ1) is 11.3. The lowest BCUT2D eigenvalue weighted by Gasteiger charge is -2.39. The van der Waals surface area contributed by atoms with Gasteiger partial charge in [0, 0.05) is 0 Å². The van der Waals surface area contributed by atoms with Gasteiger partial charge in [-0.15, -0.1) is 0 Å². The minimum atomic E-state index is -1.48. The number of amidine groups is 1. The SMILES string of the molecule is N=C(N)[C@@H]1O[C@H](CO)[C@@H](O)[C@H](O)[C@H]1O. The third kappa shape index (κ3) is 1.86. The third-order valence-corrected chi connectivity index (χ3v) is 2.20. The number of rotatable bonds is 2. The fourth-order valence-corrected chi connectivity index (χ4v) is 1.36. The number of ether oxygens (including phenoxy) is 1. The number of hydrogen-bond donors (Lipinski definition) is 6. The van der Waals surface area contributed by atoms with Gasteiger partial charge in [0.1, 0.15) is 36.4 Å². The van der Waals surface area contributed by atoms with Crippen molar-refractivity contribution in [2.24, 2.45) is 5.73 Å². The molecule has 0 aromatic rings. The van der Waals surface area contributed by atoms with Crippen LogP contribution in [-0.2, 0) is 4.74 Å². The van der Waals surface area contributed by atoms with Gasteiger partial charge < -0.3 is 30.9 Å². The van der Waals surface area contributed by atoms with E-state index in [9.17, 15) is 15.3 Å². The van der Waals surface area contributed by atoms with Crippen molar-refractivity contribution in [3.05, 3.63) is 0 Å². The van der Waals surface area contributed by atoms with Crippen molar-refractivity contribution < 1.29 is 25.2 Å². The highest BCUT2D eigenvalue weighted by Crippen LogP contribution is 2.20. The Morgan fingerprint density at radius 3 is 2.21 bits per heavy atom. The van der Waals surface area contributed by atoms with Crippen LogP contribution in [0.5, 0.6) is 0 Å². The molecule has 7 heteroatoms. The van der Waals surface area contributed by atoms with Crippen LogP contribution in [0.2, 0.25) is 0 Å². The average molecular weight is 206 g/mol. The molecule has 14 heavy (non-hydrogen) atoms. The lowest BCUT2D eigenvalue weighted by atomic mass is 9.95. The summed E-state index contributed by atoms with van der Waals surface area (Å²) in [6.07, 6.45) is -6.54. The Labute approximate surface area is 80.2 Å². The molecule has 1 aliphatic rings. The van der Waals surface area contributed by atoms with Crippen molar-refractivity contribution in [1.29, 1.82) is 5.41 Å². The molecular formula is C7H14N2O5. The summed E-state index contributed by atoms with van der Waals surface area (Å²) >= 11 is 0. The van der Waals surface area contributed by atoms with E-state index in [1.165, 1.54) is 0 Å². The van der Waals surface area contributed by atoms with E-state index in [0.717, 1.165) is 0 Å². The first-order chi connectivity index (χ1) is 6.49. The zero-order valence-corrected chi connectivity index (χ0v) is 7.37. The van der Waals surface area contributed by atoms with Crippen LogP contribution in [0.15, 0.2) is 0 Å². The Kier molecular flexibility index (Phi) is 3.40. The van der Waals surface area contributed by atoms with Crippen LogP contribution in [0.3, 0.4) is 0 Å². The van der Waals surface area contributed by atoms with Crippen LogP contribution in [0.25, 0.3) is 0 Å². The van der Waals surface area contributed by atoms with Crippen LogP contribution < -0.4 is 5.73 Å². The van der Waals surface area contributed by atoms with E-state index < -0.39 is 43.0 Å². The maximum Gasteiger partial charge on any atom is 0.143 e. The summed E-state index contributed by atoms with van der Waals surface area (Å²) < 4.78 is 4.93. The maximum absolute atomic E-state index is 9.35. The molecule has 1 aliphatic heterocycles. The number of nitrogens with two attached hydrogens (primary N) is 1. The Bertz CT molecular complexity index is 222. The van der Waals surface area contributed by atoms with E-state index in [2.05, 4.69) is 0 Å². The van der Waals surface area contributed by atoms with Crippen molar-refractivity contribution in [2.45, 2.75) is 30.5 Å². The molecule has 7 N–H and O–H groups in total. The van der Waals surface area contributed by atoms with Crippen LogP contribution in [0.1, 0.15) is 0 Å². The molecule has 0 aromatic carbocycles. The molecule has 0 aliphatic carbocycles. The second-order valence-corrected chi connectivity index (χ2v) is 3.20. The summed E-state index contributed by atoms with van der Waals surface area (Å²) in [5, 5.41) is 43.8.